The zero-order valence-electron chi connectivity index (χ0n) is 39.4. The van der Waals surface area contributed by atoms with Gasteiger partial charge >= 0.3 is 23.9 Å². The van der Waals surface area contributed by atoms with E-state index in [1.165, 1.54) is 27.9 Å². The molecule has 3 rings (SSSR count). The molecule has 9 N–H and O–H groups in total. The molecule has 3 fully saturated rings. The monoisotopic (exact) mass is 925 g/mol. The molecule has 0 aromatic carbocycles. The average Bonchev–Trinajstić information content (AvgIpc) is 3.18. The van der Waals surface area contributed by atoms with E-state index < -0.39 is 144 Å². The second kappa shape index (κ2) is 22.7. The van der Waals surface area contributed by atoms with Gasteiger partial charge in [-0.05, 0) is 74.9 Å². The van der Waals surface area contributed by atoms with Crippen molar-refractivity contribution in [2.75, 3.05) is 21.2 Å². The number of aliphatic hydroxyl groups excluding tert-OH is 3. The molecular weight excluding hydrogens is 850 g/mol. The quantitative estimate of drug-likeness (QED) is 0.121. The largest absolute Gasteiger partial charge is 0.481 e. The fourth-order valence-electron chi connectivity index (χ4n) is 9.12. The lowest BCUT2D eigenvalue weighted by molar-refractivity contribution is -0.318. The number of rotatable bonds is 12. The van der Waals surface area contributed by atoms with Crippen molar-refractivity contribution >= 4 is 29.7 Å². The summed E-state index contributed by atoms with van der Waals surface area (Å²) in [6, 6.07) is -0.324. The van der Waals surface area contributed by atoms with Gasteiger partial charge in [-0.1, -0.05) is 27.7 Å². The molecule has 372 valence electrons. The predicted octanol–water partition coefficient (Wildman–Crippen LogP) is 0.537. The lowest BCUT2D eigenvalue weighted by Gasteiger charge is -2.49. The van der Waals surface area contributed by atoms with Crippen LogP contribution in [-0.2, 0) is 52.4 Å². The highest BCUT2D eigenvalue weighted by Gasteiger charge is 2.53. The second-order valence-corrected chi connectivity index (χ2v) is 18.9. The summed E-state index contributed by atoms with van der Waals surface area (Å²) in [7, 11) is 5.18. The Hall–Kier alpha value is -2.93. The minimum absolute atomic E-state index is 0.0936. The van der Waals surface area contributed by atoms with Gasteiger partial charge in [0, 0.05) is 37.3 Å². The maximum Gasteiger partial charge on any atom is 0.336 e. The number of carboxylic acid groups (broad SMARTS) is 3. The molecule has 0 radical (unpaired) electrons. The zero-order valence-corrected chi connectivity index (χ0v) is 39.4. The van der Waals surface area contributed by atoms with Crippen molar-refractivity contribution in [2.24, 2.45) is 23.7 Å². The first-order valence-electron chi connectivity index (χ1n) is 21.7. The van der Waals surface area contributed by atoms with E-state index in [0.29, 0.717) is 6.42 Å². The SMILES string of the molecule is CC[C@H]1OC(=O)[C@H](C)[C@@H](O[C@H]2C[C@@](C)(OC)[C@@H](O)[C@H](C)O2)[C@H](C)[C@@H](O[C@@H]2O[C@H](C)C[C@H](N(C)C)[C@H]2O)[C@](C)(O)C[C@@H](C)C(=O)[C@H](C)[C@@H](O)[C@]1(C)O.O=C(O)CC(O)(CC(=O)O)C(=O)O. The molecule has 0 unspecified atom stereocenters. The summed E-state index contributed by atoms with van der Waals surface area (Å²) < 4.78 is 37.1. The van der Waals surface area contributed by atoms with Gasteiger partial charge in [0.05, 0.1) is 60.5 Å². The highest BCUT2D eigenvalue weighted by molar-refractivity contribution is 5.88. The Morgan fingerprint density at radius 3 is 1.86 bits per heavy atom. The van der Waals surface area contributed by atoms with Crippen LogP contribution in [0, 0.1) is 23.7 Å². The van der Waals surface area contributed by atoms with Crippen LogP contribution in [0.2, 0.25) is 0 Å². The number of nitrogens with zero attached hydrogens (tertiary/aromatic N) is 1. The van der Waals surface area contributed by atoms with Gasteiger partial charge in [0.25, 0.3) is 0 Å². The number of methoxy groups -OCH3 is 1. The van der Waals surface area contributed by atoms with Crippen molar-refractivity contribution in [3.8, 4) is 0 Å². The van der Waals surface area contributed by atoms with Crippen molar-refractivity contribution < 1.29 is 98.4 Å². The van der Waals surface area contributed by atoms with Crippen molar-refractivity contribution in [2.45, 2.75) is 198 Å². The summed E-state index contributed by atoms with van der Waals surface area (Å²) in [5.41, 5.74) is -7.58. The highest BCUT2D eigenvalue weighted by atomic mass is 16.7. The molecule has 0 spiro atoms. The number of aliphatic carboxylic acids is 3. The van der Waals surface area contributed by atoms with Gasteiger partial charge < -0.3 is 79.3 Å². The number of carbonyl (C=O) groups excluding carboxylic acids is 2. The molecule has 0 aromatic rings. The molecule has 0 amide bonds. The van der Waals surface area contributed by atoms with E-state index in [9.17, 15) is 49.5 Å². The normalized spacial score (nSPS) is 41.8. The van der Waals surface area contributed by atoms with Gasteiger partial charge in [-0.15, -0.1) is 0 Å². The molecule has 0 saturated carbocycles. The second-order valence-electron chi connectivity index (χ2n) is 18.9. The first-order valence-corrected chi connectivity index (χ1v) is 21.7. The van der Waals surface area contributed by atoms with E-state index in [0.717, 1.165) is 0 Å². The Labute approximate surface area is 374 Å². The van der Waals surface area contributed by atoms with Gasteiger partial charge in [-0.25, -0.2) is 4.79 Å². The van der Waals surface area contributed by atoms with Crippen LogP contribution in [0.15, 0.2) is 0 Å². The summed E-state index contributed by atoms with van der Waals surface area (Å²) >= 11 is 0. The third-order valence-corrected chi connectivity index (χ3v) is 13.1. The molecular formula is C43H75NO20. The van der Waals surface area contributed by atoms with Crippen molar-refractivity contribution in [3.63, 3.8) is 0 Å². The van der Waals surface area contributed by atoms with Crippen molar-refractivity contribution in [1.82, 2.24) is 4.90 Å². The maximum atomic E-state index is 14.1. The molecule has 18 atom stereocenters. The number of cyclic esters (lactones) is 1. The van der Waals surface area contributed by atoms with Crippen LogP contribution in [0.25, 0.3) is 0 Å². The number of hydrogen-bond donors (Lipinski definition) is 9. The van der Waals surface area contributed by atoms with E-state index >= 15 is 0 Å². The van der Waals surface area contributed by atoms with Crippen molar-refractivity contribution in [1.29, 1.82) is 0 Å². The van der Waals surface area contributed by atoms with Crippen LogP contribution >= 0.6 is 0 Å². The topological polar surface area (TPSA) is 326 Å². The fourth-order valence-corrected chi connectivity index (χ4v) is 9.12. The van der Waals surface area contributed by atoms with E-state index in [4.69, 9.17) is 48.8 Å². The molecule has 3 aliphatic rings. The van der Waals surface area contributed by atoms with Gasteiger partial charge in [0.15, 0.2) is 18.2 Å². The average molecular weight is 926 g/mol. The number of likely N-dealkylation sites (N-methyl/N-ethyl adjacent to an activating group) is 1. The highest BCUT2D eigenvalue weighted by Crippen LogP contribution is 2.41. The van der Waals surface area contributed by atoms with Gasteiger partial charge in [0.1, 0.15) is 29.7 Å². The van der Waals surface area contributed by atoms with E-state index in [1.807, 2.05) is 25.9 Å². The Bertz CT molecular complexity index is 1570. The Balaban J connectivity index is 0.000000934. The van der Waals surface area contributed by atoms with Gasteiger partial charge in [-0.3, -0.25) is 19.2 Å². The Morgan fingerprint density at radius 2 is 1.39 bits per heavy atom. The maximum absolute atomic E-state index is 14.1. The number of aliphatic hydroxyl groups is 6. The van der Waals surface area contributed by atoms with E-state index in [1.54, 1.807) is 41.5 Å². The first-order chi connectivity index (χ1) is 29.2. The number of esters is 1. The molecule has 0 bridgehead atoms. The van der Waals surface area contributed by atoms with Gasteiger partial charge in [-0.2, -0.15) is 0 Å². The van der Waals surface area contributed by atoms with Crippen LogP contribution in [0.5, 0.6) is 0 Å². The molecule has 0 aromatic heterocycles. The minimum atomic E-state index is -2.74. The van der Waals surface area contributed by atoms with Crippen LogP contribution in [0.4, 0.5) is 0 Å². The van der Waals surface area contributed by atoms with Crippen LogP contribution in [0.1, 0.15) is 108 Å². The summed E-state index contributed by atoms with van der Waals surface area (Å²) in [6.45, 7) is 16.3. The number of hydrogen-bond acceptors (Lipinski definition) is 18. The lowest BCUT2D eigenvalue weighted by atomic mass is 9.74. The minimum Gasteiger partial charge on any atom is -0.481 e. The molecule has 21 nitrogen and oxygen atoms in total. The number of carboxylic acids is 3. The van der Waals surface area contributed by atoms with Crippen LogP contribution < -0.4 is 0 Å². The number of Topliss-reactive ketones (excluding diaryl/α,β-unsaturated/α-hetero) is 1. The number of carbonyl (C=O) groups is 5. The Morgan fingerprint density at radius 1 is 0.844 bits per heavy atom. The van der Waals surface area contributed by atoms with E-state index in [-0.39, 0.29) is 31.4 Å². The fraction of sp³-hybridized carbons (Fsp3) is 0.884. The summed E-state index contributed by atoms with van der Waals surface area (Å²) in [5.74, 6) is -10.00. The molecule has 3 saturated heterocycles. The third kappa shape index (κ3) is 13.8. The predicted molar refractivity (Wildman–Crippen MR) is 223 cm³/mol. The third-order valence-electron chi connectivity index (χ3n) is 13.1. The van der Waals surface area contributed by atoms with Crippen LogP contribution in [-0.4, -0.2) is 192 Å². The molecule has 0 aliphatic carbocycles. The first kappa shape index (κ1) is 57.2. The molecule has 3 aliphatic heterocycles. The number of ether oxygens (including phenoxy) is 6. The summed E-state index contributed by atoms with van der Waals surface area (Å²) in [4.78, 5) is 60.2. The zero-order chi connectivity index (χ0) is 49.6. The van der Waals surface area contributed by atoms with Crippen molar-refractivity contribution in [3.05, 3.63) is 0 Å². The van der Waals surface area contributed by atoms with E-state index in [2.05, 4.69) is 0 Å². The summed E-state index contributed by atoms with van der Waals surface area (Å²) in [6.07, 6.45) is -12.0. The molecule has 3 heterocycles. The van der Waals surface area contributed by atoms with Crippen LogP contribution in [0.3, 0.4) is 0 Å². The Kier molecular flexibility index (Phi) is 20.3. The summed E-state index contributed by atoms with van der Waals surface area (Å²) in [5, 5.41) is 91.4. The molecule has 21 heteroatoms. The molecule has 64 heavy (non-hydrogen) atoms. The lowest BCUT2D eigenvalue weighted by Crippen LogP contribution is -2.61. The smallest absolute Gasteiger partial charge is 0.336 e. The van der Waals surface area contributed by atoms with Gasteiger partial charge in [0.2, 0.25) is 0 Å². The number of ketones is 1. The standard InChI is InChI=1S/C37H67NO13.C6H8O7/c1-14-25-37(10,45)30(41)20(4)27(39)18(2)16-35(8,44)32(51-34-28(40)24(38(11)12)15-19(3)47-34)21(5)29(22(6)33(43)49-25)50-26-17-36(9,46-13)31(42)23(7)48-26;7-3(8)1-6(13,5(11)12)2-4(9)10/h18-26,28-32,34,40-42,44-45H,14-17H2,1-13H3;13H,1-2H2,(H,7,8)(H,9,10)(H,11,12)/t18-,19-,20+,21+,22-,23+,24+,25-,26+,28-,29+,30-,31+,32-,34+,35-,36-,37-;/m1./s1.